The zero-order chi connectivity index (χ0) is 18.4. The number of carbonyl (C=O) groups excluding carboxylic acids is 1. The van der Waals surface area contributed by atoms with E-state index in [0.29, 0.717) is 0 Å². The van der Waals surface area contributed by atoms with E-state index in [1.165, 1.54) is 55.3 Å². The number of hydrogen-bond donors (Lipinski definition) is 2. The van der Waals surface area contributed by atoms with Crippen molar-refractivity contribution < 1.29 is 4.79 Å². The fraction of sp³-hybridized carbons (Fsp3) is 0.476. The Morgan fingerprint density at radius 3 is 2.78 bits per heavy atom. The Balaban J connectivity index is 1.25. The molecule has 4 nitrogen and oxygen atoms in total. The van der Waals surface area contributed by atoms with Crippen molar-refractivity contribution >= 4 is 35.0 Å². The lowest BCUT2D eigenvalue weighted by Crippen LogP contribution is -2.29. The summed E-state index contributed by atoms with van der Waals surface area (Å²) in [5.41, 5.74) is 8.16. The van der Waals surface area contributed by atoms with Crippen molar-refractivity contribution in [2.75, 3.05) is 18.4 Å². The lowest BCUT2D eigenvalue weighted by Gasteiger charge is -2.26. The first-order valence-electron chi connectivity index (χ1n) is 9.95. The van der Waals surface area contributed by atoms with Gasteiger partial charge >= 0.3 is 6.03 Å². The highest BCUT2D eigenvalue weighted by Gasteiger charge is 2.26. The number of amides is 2. The maximum atomic E-state index is 12.6. The van der Waals surface area contributed by atoms with Gasteiger partial charge in [0, 0.05) is 23.7 Å². The molecule has 6 heteroatoms. The molecule has 0 saturated heterocycles. The standard InChI is InChI=1S/C21H25N3OS2/c1-2-24-9-8-18-15(12-24)11-19(26-18)27-23-21(25)22-20-16-5-3-4-13(16)10-14-6-7-17(14)20/h10-11H,2-9,12H2,1H3,(H2,22,23,25). The van der Waals surface area contributed by atoms with E-state index in [4.69, 9.17) is 0 Å². The van der Waals surface area contributed by atoms with Crippen LogP contribution < -0.4 is 10.0 Å². The van der Waals surface area contributed by atoms with Crippen LogP contribution in [0.25, 0.3) is 0 Å². The average Bonchev–Trinajstić information content (AvgIpc) is 3.28. The highest BCUT2D eigenvalue weighted by Crippen LogP contribution is 2.40. The number of nitrogens with zero attached hydrogens (tertiary/aromatic N) is 1. The van der Waals surface area contributed by atoms with Gasteiger partial charge in [0.15, 0.2) is 0 Å². The number of hydrogen-bond acceptors (Lipinski definition) is 4. The Labute approximate surface area is 168 Å². The Kier molecular flexibility index (Phi) is 4.66. The largest absolute Gasteiger partial charge is 0.329 e. The van der Waals surface area contributed by atoms with Gasteiger partial charge in [0.2, 0.25) is 0 Å². The molecule has 2 aromatic rings. The minimum absolute atomic E-state index is 0.101. The second-order valence-corrected chi connectivity index (χ2v) is 9.91. The van der Waals surface area contributed by atoms with E-state index in [2.05, 4.69) is 34.0 Å². The molecule has 5 rings (SSSR count). The Hall–Kier alpha value is -1.50. The first-order chi connectivity index (χ1) is 13.2. The summed E-state index contributed by atoms with van der Waals surface area (Å²) >= 11 is 3.28. The average molecular weight is 400 g/mol. The number of anilines is 1. The topological polar surface area (TPSA) is 44.4 Å². The number of nitrogens with one attached hydrogen (secondary N) is 2. The molecule has 0 unspecified atom stereocenters. The molecule has 1 aliphatic heterocycles. The summed E-state index contributed by atoms with van der Waals surface area (Å²) in [5.74, 6) is 0. The quantitative estimate of drug-likeness (QED) is 0.742. The van der Waals surface area contributed by atoms with Crippen LogP contribution in [0, 0.1) is 0 Å². The van der Waals surface area contributed by atoms with Crippen LogP contribution in [0.5, 0.6) is 0 Å². The van der Waals surface area contributed by atoms with Crippen LogP contribution in [0.1, 0.15) is 46.0 Å². The number of rotatable bonds is 4. The summed E-state index contributed by atoms with van der Waals surface area (Å²) in [6.45, 7) is 5.50. The Morgan fingerprint density at radius 2 is 1.96 bits per heavy atom. The van der Waals surface area contributed by atoms with Crippen molar-refractivity contribution in [3.05, 3.63) is 44.8 Å². The van der Waals surface area contributed by atoms with E-state index in [-0.39, 0.29) is 6.03 Å². The summed E-state index contributed by atoms with van der Waals surface area (Å²) in [4.78, 5) is 16.5. The first-order valence-corrected chi connectivity index (χ1v) is 11.6. The number of carbonyl (C=O) groups is 1. The monoisotopic (exact) mass is 399 g/mol. The van der Waals surface area contributed by atoms with Crippen LogP contribution in [0.2, 0.25) is 0 Å². The second-order valence-electron chi connectivity index (χ2n) is 7.67. The minimum Gasteiger partial charge on any atom is -0.307 e. The fourth-order valence-electron chi connectivity index (χ4n) is 4.51. The van der Waals surface area contributed by atoms with Crippen molar-refractivity contribution in [2.45, 2.75) is 56.2 Å². The maximum Gasteiger partial charge on any atom is 0.329 e. The Morgan fingerprint density at radius 1 is 1.11 bits per heavy atom. The van der Waals surface area contributed by atoms with Gasteiger partial charge < -0.3 is 5.32 Å². The van der Waals surface area contributed by atoms with Gasteiger partial charge in [-0.15, -0.1) is 11.3 Å². The van der Waals surface area contributed by atoms with Gasteiger partial charge in [-0.25, -0.2) is 4.79 Å². The van der Waals surface area contributed by atoms with Gasteiger partial charge in [0.05, 0.1) is 4.21 Å². The molecule has 0 spiro atoms. The van der Waals surface area contributed by atoms with Gasteiger partial charge in [0.25, 0.3) is 0 Å². The van der Waals surface area contributed by atoms with Crippen LogP contribution in [0.3, 0.4) is 0 Å². The highest BCUT2D eigenvalue weighted by molar-refractivity contribution is 7.99. The van der Waals surface area contributed by atoms with Gasteiger partial charge in [-0.1, -0.05) is 13.0 Å². The lowest BCUT2D eigenvalue weighted by atomic mass is 9.83. The number of likely N-dealkylation sites (N-methyl/N-ethyl adjacent to an activating group) is 1. The number of benzene rings is 1. The fourth-order valence-corrected chi connectivity index (χ4v) is 6.45. The van der Waals surface area contributed by atoms with E-state index in [1.807, 2.05) is 11.3 Å². The zero-order valence-corrected chi connectivity index (χ0v) is 17.3. The molecule has 1 aromatic carbocycles. The third-order valence-corrected chi connectivity index (χ3v) is 8.24. The van der Waals surface area contributed by atoms with Crippen LogP contribution in [-0.4, -0.2) is 24.0 Å². The predicted octanol–water partition coefficient (Wildman–Crippen LogP) is 4.54. The molecule has 2 amide bonds. The third kappa shape index (κ3) is 3.28. The van der Waals surface area contributed by atoms with Gasteiger partial charge in [-0.2, -0.15) is 0 Å². The third-order valence-electron chi connectivity index (χ3n) is 6.10. The van der Waals surface area contributed by atoms with Crippen LogP contribution in [0.4, 0.5) is 10.5 Å². The molecule has 0 saturated carbocycles. The Bertz CT molecular complexity index is 905. The normalized spacial score (nSPS) is 17.7. The molecule has 0 fully saturated rings. The SMILES string of the molecule is CCN1CCc2sc(SNC(=O)Nc3c4c(cc5c3CC5)CCC4)cc2C1. The molecule has 2 N–H and O–H groups in total. The van der Waals surface area contributed by atoms with Gasteiger partial charge in [-0.05, 0) is 90.9 Å². The molecule has 27 heavy (non-hydrogen) atoms. The van der Waals surface area contributed by atoms with E-state index in [0.717, 1.165) is 57.4 Å². The minimum atomic E-state index is -0.101. The molecule has 1 aromatic heterocycles. The molecule has 3 aliphatic rings. The van der Waals surface area contributed by atoms with Crippen LogP contribution >= 0.6 is 23.3 Å². The van der Waals surface area contributed by atoms with Gasteiger partial charge in [-0.3, -0.25) is 9.62 Å². The van der Waals surface area contributed by atoms with E-state index >= 15 is 0 Å². The van der Waals surface area contributed by atoms with Crippen molar-refractivity contribution in [3.63, 3.8) is 0 Å². The summed E-state index contributed by atoms with van der Waals surface area (Å²) in [5, 5.41) is 3.18. The zero-order valence-electron chi connectivity index (χ0n) is 15.7. The first kappa shape index (κ1) is 17.6. The van der Waals surface area contributed by atoms with Crippen molar-refractivity contribution in [3.8, 4) is 0 Å². The van der Waals surface area contributed by atoms with Crippen molar-refractivity contribution in [1.82, 2.24) is 9.62 Å². The van der Waals surface area contributed by atoms with Crippen molar-refractivity contribution in [2.24, 2.45) is 0 Å². The molecule has 142 valence electrons. The number of fused-ring (bicyclic) bond motifs is 3. The summed E-state index contributed by atoms with van der Waals surface area (Å²) in [6.07, 6.45) is 6.84. The molecule has 0 bridgehead atoms. The summed E-state index contributed by atoms with van der Waals surface area (Å²) < 4.78 is 4.19. The lowest BCUT2D eigenvalue weighted by molar-refractivity contribution is 0.257. The van der Waals surface area contributed by atoms with Crippen molar-refractivity contribution in [1.29, 1.82) is 0 Å². The van der Waals surface area contributed by atoms with E-state index in [9.17, 15) is 4.79 Å². The van der Waals surface area contributed by atoms with E-state index in [1.54, 1.807) is 0 Å². The predicted molar refractivity (Wildman–Crippen MR) is 113 cm³/mol. The number of thiophene rings is 1. The number of urea groups is 1. The molecule has 2 heterocycles. The van der Waals surface area contributed by atoms with E-state index < -0.39 is 0 Å². The summed E-state index contributed by atoms with van der Waals surface area (Å²) in [6, 6.07) is 4.52. The molecule has 0 atom stereocenters. The smallest absolute Gasteiger partial charge is 0.307 e. The maximum absolute atomic E-state index is 12.6. The van der Waals surface area contributed by atoms with Crippen LogP contribution in [-0.2, 0) is 38.6 Å². The highest BCUT2D eigenvalue weighted by atomic mass is 32.2. The number of aryl methyl sites for hydroxylation is 2. The molecular formula is C21H25N3OS2. The molecular weight excluding hydrogens is 374 g/mol. The molecule has 2 aliphatic carbocycles. The molecule has 0 radical (unpaired) electrons. The van der Waals surface area contributed by atoms with Crippen LogP contribution in [0.15, 0.2) is 16.3 Å². The second kappa shape index (κ2) is 7.15. The van der Waals surface area contributed by atoms with Gasteiger partial charge in [0.1, 0.15) is 0 Å². The summed E-state index contributed by atoms with van der Waals surface area (Å²) in [7, 11) is 0.